The van der Waals surface area contributed by atoms with Crippen molar-refractivity contribution in [2.75, 3.05) is 6.54 Å². The van der Waals surface area contributed by atoms with E-state index in [1.54, 1.807) is 0 Å². The van der Waals surface area contributed by atoms with E-state index < -0.39 is 0 Å². The molecule has 1 atom stereocenters. The molecule has 1 amide bonds. The van der Waals surface area contributed by atoms with Gasteiger partial charge in [-0.2, -0.15) is 5.26 Å². The van der Waals surface area contributed by atoms with Crippen molar-refractivity contribution in [1.29, 1.82) is 5.26 Å². The van der Waals surface area contributed by atoms with Gasteiger partial charge in [-0.05, 0) is 24.8 Å². The van der Waals surface area contributed by atoms with E-state index in [-0.39, 0.29) is 18.7 Å². The lowest BCUT2D eigenvalue weighted by Gasteiger charge is -2.30. The molecule has 1 aromatic rings. The number of carbonyl (C=O) groups is 1. The summed E-state index contributed by atoms with van der Waals surface area (Å²) in [6.07, 6.45) is 2.31. The highest BCUT2D eigenvalue weighted by atomic mass is 16.6. The first-order chi connectivity index (χ1) is 8.81. The summed E-state index contributed by atoms with van der Waals surface area (Å²) >= 11 is 0. The van der Waals surface area contributed by atoms with Crippen LogP contribution in [0, 0.1) is 11.3 Å². The molecule has 2 rings (SSSR count). The topological polar surface area (TPSA) is 53.3 Å². The van der Waals surface area contributed by atoms with Gasteiger partial charge >= 0.3 is 6.09 Å². The first-order valence-corrected chi connectivity index (χ1v) is 6.18. The summed E-state index contributed by atoms with van der Waals surface area (Å²) in [4.78, 5) is 13.4. The van der Waals surface area contributed by atoms with Crippen LogP contribution in [0.25, 0.3) is 0 Å². The number of nitriles is 1. The van der Waals surface area contributed by atoms with E-state index in [0.717, 1.165) is 24.8 Å². The first-order valence-electron chi connectivity index (χ1n) is 6.18. The monoisotopic (exact) mass is 244 g/mol. The zero-order valence-electron chi connectivity index (χ0n) is 10.2. The van der Waals surface area contributed by atoms with Crippen LogP contribution in [0.15, 0.2) is 30.3 Å². The lowest BCUT2D eigenvalue weighted by molar-refractivity contribution is 0.0788. The van der Waals surface area contributed by atoms with Crippen LogP contribution < -0.4 is 0 Å². The average molecular weight is 244 g/mol. The van der Waals surface area contributed by atoms with Gasteiger partial charge in [-0.25, -0.2) is 4.79 Å². The third-order valence-corrected chi connectivity index (χ3v) is 3.09. The number of nitrogens with zero attached hydrogens (tertiary/aromatic N) is 2. The van der Waals surface area contributed by atoms with Gasteiger partial charge in [-0.1, -0.05) is 30.3 Å². The lowest BCUT2D eigenvalue weighted by Crippen LogP contribution is -2.43. The van der Waals surface area contributed by atoms with Gasteiger partial charge in [0.05, 0.1) is 6.07 Å². The normalized spacial score (nSPS) is 19.1. The molecular formula is C14H16N2O2. The number of benzene rings is 1. The molecule has 1 aliphatic heterocycles. The molecule has 94 valence electrons. The number of amides is 1. The fourth-order valence-corrected chi connectivity index (χ4v) is 2.09. The maximum Gasteiger partial charge on any atom is 0.411 e. The Labute approximate surface area is 107 Å². The molecule has 0 radical (unpaired) electrons. The highest BCUT2D eigenvalue weighted by molar-refractivity contribution is 5.68. The maximum atomic E-state index is 11.9. The average Bonchev–Trinajstić information content (AvgIpc) is 2.45. The van der Waals surface area contributed by atoms with Crippen molar-refractivity contribution in [3.05, 3.63) is 35.9 Å². The van der Waals surface area contributed by atoms with Gasteiger partial charge in [0, 0.05) is 6.54 Å². The number of likely N-dealkylation sites (tertiary alicyclic amines) is 1. The number of hydrogen-bond donors (Lipinski definition) is 0. The predicted molar refractivity (Wildman–Crippen MR) is 66.6 cm³/mol. The van der Waals surface area contributed by atoms with Crippen molar-refractivity contribution < 1.29 is 9.53 Å². The Morgan fingerprint density at radius 1 is 1.39 bits per heavy atom. The fourth-order valence-electron chi connectivity index (χ4n) is 2.09. The van der Waals surface area contributed by atoms with E-state index in [1.807, 2.05) is 30.3 Å². The number of rotatable bonds is 2. The molecule has 0 N–H and O–H groups in total. The van der Waals surface area contributed by atoms with E-state index in [2.05, 4.69) is 6.07 Å². The van der Waals surface area contributed by atoms with Crippen LogP contribution in [0.5, 0.6) is 0 Å². The minimum atomic E-state index is -0.384. The molecular weight excluding hydrogens is 228 g/mol. The van der Waals surface area contributed by atoms with Gasteiger partial charge in [0.15, 0.2) is 0 Å². The molecule has 1 fully saturated rings. The van der Waals surface area contributed by atoms with Crippen LogP contribution in [0.2, 0.25) is 0 Å². The minimum Gasteiger partial charge on any atom is -0.445 e. The molecule has 1 heterocycles. The number of carbonyl (C=O) groups excluding carboxylic acids is 1. The van der Waals surface area contributed by atoms with Crippen molar-refractivity contribution >= 4 is 6.09 Å². The van der Waals surface area contributed by atoms with Gasteiger partial charge in [-0.3, -0.25) is 4.90 Å². The van der Waals surface area contributed by atoms with Gasteiger partial charge in [0.25, 0.3) is 0 Å². The second-order valence-electron chi connectivity index (χ2n) is 4.37. The molecule has 0 aliphatic carbocycles. The second kappa shape index (κ2) is 6.06. The predicted octanol–water partition coefficient (Wildman–Crippen LogP) is 2.70. The molecule has 18 heavy (non-hydrogen) atoms. The van der Waals surface area contributed by atoms with E-state index in [9.17, 15) is 4.79 Å². The zero-order valence-corrected chi connectivity index (χ0v) is 10.2. The highest BCUT2D eigenvalue weighted by Crippen LogP contribution is 2.17. The van der Waals surface area contributed by atoms with Gasteiger partial charge in [-0.15, -0.1) is 0 Å². The summed E-state index contributed by atoms with van der Waals surface area (Å²) in [5.41, 5.74) is 0.955. The molecule has 0 spiro atoms. The zero-order chi connectivity index (χ0) is 12.8. The third kappa shape index (κ3) is 3.01. The van der Waals surface area contributed by atoms with Crippen molar-refractivity contribution in [1.82, 2.24) is 4.90 Å². The lowest BCUT2D eigenvalue weighted by atomic mass is 10.0. The van der Waals surface area contributed by atoms with Crippen LogP contribution in [0.1, 0.15) is 24.8 Å². The SMILES string of the molecule is N#C[C@@H]1CCCCN1C(=O)OCc1ccccc1. The Hall–Kier alpha value is -2.02. The van der Waals surface area contributed by atoms with Gasteiger partial charge < -0.3 is 4.74 Å². The number of ether oxygens (including phenoxy) is 1. The Kier molecular flexibility index (Phi) is 4.19. The van der Waals surface area contributed by atoms with Crippen LogP contribution in [-0.2, 0) is 11.3 Å². The summed E-state index contributed by atoms with van der Waals surface area (Å²) in [5, 5.41) is 9.00. The van der Waals surface area contributed by atoms with Crippen molar-refractivity contribution in [2.45, 2.75) is 31.9 Å². The van der Waals surface area contributed by atoms with E-state index in [0.29, 0.717) is 6.54 Å². The summed E-state index contributed by atoms with van der Waals surface area (Å²) in [6, 6.07) is 11.4. The number of piperidine rings is 1. The largest absolute Gasteiger partial charge is 0.445 e. The second-order valence-corrected chi connectivity index (χ2v) is 4.37. The summed E-state index contributed by atoms with van der Waals surface area (Å²) in [5.74, 6) is 0. The van der Waals surface area contributed by atoms with Crippen molar-refractivity contribution in [2.24, 2.45) is 0 Å². The van der Waals surface area contributed by atoms with E-state index >= 15 is 0 Å². The van der Waals surface area contributed by atoms with Crippen LogP contribution in [0.3, 0.4) is 0 Å². The third-order valence-electron chi connectivity index (χ3n) is 3.09. The quantitative estimate of drug-likeness (QED) is 0.803. The van der Waals surface area contributed by atoms with Crippen molar-refractivity contribution in [3.8, 4) is 6.07 Å². The smallest absolute Gasteiger partial charge is 0.411 e. The molecule has 0 bridgehead atoms. The molecule has 4 nitrogen and oxygen atoms in total. The summed E-state index contributed by atoms with van der Waals surface area (Å²) in [6.45, 7) is 0.875. The fraction of sp³-hybridized carbons (Fsp3) is 0.429. The summed E-state index contributed by atoms with van der Waals surface area (Å²) < 4.78 is 5.24. The molecule has 1 aromatic carbocycles. The Balaban J connectivity index is 1.89. The minimum absolute atomic E-state index is 0.258. The molecule has 1 saturated heterocycles. The van der Waals surface area contributed by atoms with Crippen LogP contribution in [-0.4, -0.2) is 23.6 Å². The van der Waals surface area contributed by atoms with Crippen molar-refractivity contribution in [3.63, 3.8) is 0 Å². The summed E-state index contributed by atoms with van der Waals surface area (Å²) in [7, 11) is 0. The van der Waals surface area contributed by atoms with Gasteiger partial charge in [0.1, 0.15) is 12.6 Å². The Bertz CT molecular complexity index is 439. The molecule has 0 saturated carbocycles. The first kappa shape index (κ1) is 12.4. The Morgan fingerprint density at radius 2 is 2.17 bits per heavy atom. The molecule has 0 aromatic heterocycles. The van der Waals surface area contributed by atoms with Gasteiger partial charge in [0.2, 0.25) is 0 Å². The maximum absolute atomic E-state index is 11.9. The highest BCUT2D eigenvalue weighted by Gasteiger charge is 2.27. The molecule has 4 heteroatoms. The van der Waals surface area contributed by atoms with Crippen LogP contribution in [0.4, 0.5) is 4.79 Å². The molecule has 1 aliphatic rings. The van der Waals surface area contributed by atoms with E-state index in [1.165, 1.54) is 4.90 Å². The standard InChI is InChI=1S/C14H16N2O2/c15-10-13-8-4-5-9-16(13)14(17)18-11-12-6-2-1-3-7-12/h1-3,6-7,13H,4-5,8-9,11H2/t13-/m0/s1. The Morgan fingerprint density at radius 3 is 2.89 bits per heavy atom. The number of hydrogen-bond acceptors (Lipinski definition) is 3. The molecule has 0 unspecified atom stereocenters. The van der Waals surface area contributed by atoms with Crippen LogP contribution >= 0.6 is 0 Å². The van der Waals surface area contributed by atoms with E-state index in [4.69, 9.17) is 10.00 Å².